The van der Waals surface area contributed by atoms with Gasteiger partial charge >= 0.3 is 0 Å². The summed E-state index contributed by atoms with van der Waals surface area (Å²) in [4.78, 5) is 24.3. The number of benzene rings is 2. The Balaban J connectivity index is 0.000000449. The van der Waals surface area contributed by atoms with E-state index < -0.39 is 0 Å². The third-order valence-corrected chi connectivity index (χ3v) is 5.97. The molecule has 0 aliphatic carbocycles. The molecule has 37 heavy (non-hydrogen) atoms. The summed E-state index contributed by atoms with van der Waals surface area (Å²) in [6.07, 6.45) is 3.66. The van der Waals surface area contributed by atoms with Crippen LogP contribution in [0, 0.1) is 13.8 Å². The largest absolute Gasteiger partial charge is 0.507 e. The van der Waals surface area contributed by atoms with Crippen molar-refractivity contribution in [2.45, 2.75) is 47.0 Å². The second-order valence-corrected chi connectivity index (χ2v) is 8.86. The molecule has 202 valence electrons. The van der Waals surface area contributed by atoms with E-state index >= 15 is 0 Å². The van der Waals surface area contributed by atoms with Crippen LogP contribution in [0.2, 0.25) is 0 Å². The number of ether oxygens (including phenoxy) is 2. The van der Waals surface area contributed by atoms with Crippen LogP contribution < -0.4 is 20.1 Å². The lowest BCUT2D eigenvalue weighted by Crippen LogP contribution is -2.31. The van der Waals surface area contributed by atoms with Crippen LogP contribution in [-0.4, -0.2) is 66.8 Å². The van der Waals surface area contributed by atoms with Crippen molar-refractivity contribution in [3.8, 4) is 17.2 Å². The highest BCUT2D eigenvalue weighted by atomic mass is 16.5. The van der Waals surface area contributed by atoms with Crippen molar-refractivity contribution in [2.75, 3.05) is 51.0 Å². The van der Waals surface area contributed by atoms with E-state index in [1.165, 1.54) is 0 Å². The molecule has 0 aliphatic rings. The molecule has 0 bridgehead atoms. The number of fused-ring (bicyclic) bond motifs is 1. The van der Waals surface area contributed by atoms with Gasteiger partial charge in [-0.2, -0.15) is 4.98 Å². The number of nitrogens with zero attached hydrogens (tertiary/aromatic N) is 4. The minimum Gasteiger partial charge on any atom is -0.507 e. The molecule has 1 heterocycles. The van der Waals surface area contributed by atoms with Gasteiger partial charge in [0.05, 0.1) is 19.7 Å². The van der Waals surface area contributed by atoms with Crippen LogP contribution in [0.25, 0.3) is 10.9 Å². The average molecular weight is 512 g/mol. The van der Waals surface area contributed by atoms with Crippen LogP contribution in [0.5, 0.6) is 17.2 Å². The number of amides is 1. The van der Waals surface area contributed by atoms with E-state index in [4.69, 9.17) is 20.2 Å². The van der Waals surface area contributed by atoms with Gasteiger partial charge in [0.15, 0.2) is 11.5 Å². The lowest BCUT2D eigenvalue weighted by Gasteiger charge is -2.24. The molecule has 1 aromatic heterocycles. The Morgan fingerprint density at radius 3 is 2.11 bits per heavy atom. The maximum Gasteiger partial charge on any atom is 0.227 e. The molecule has 0 spiro atoms. The highest BCUT2D eigenvalue weighted by molar-refractivity contribution is 5.91. The van der Waals surface area contributed by atoms with Crippen molar-refractivity contribution in [2.24, 2.45) is 0 Å². The molecule has 9 heteroatoms. The molecule has 0 atom stereocenters. The molecule has 9 nitrogen and oxygen atoms in total. The fourth-order valence-electron chi connectivity index (χ4n) is 3.96. The number of phenolic OH excluding ortho intramolecular Hbond substituents is 1. The van der Waals surface area contributed by atoms with Crippen LogP contribution in [0.4, 0.5) is 11.8 Å². The number of hydrogen-bond acceptors (Lipinski definition) is 8. The van der Waals surface area contributed by atoms with E-state index in [9.17, 15) is 9.90 Å². The van der Waals surface area contributed by atoms with Gasteiger partial charge < -0.3 is 30.1 Å². The number of para-hydroxylation sites is 1. The molecule has 3 rings (SSSR count). The van der Waals surface area contributed by atoms with E-state index in [0.717, 1.165) is 61.8 Å². The van der Waals surface area contributed by atoms with Crippen LogP contribution in [0.3, 0.4) is 0 Å². The van der Waals surface area contributed by atoms with Crippen LogP contribution in [0.15, 0.2) is 30.3 Å². The quantitative estimate of drug-likeness (QED) is 0.336. The Morgan fingerprint density at radius 1 is 0.946 bits per heavy atom. The molecule has 0 aliphatic heterocycles. The van der Waals surface area contributed by atoms with Crippen LogP contribution in [0.1, 0.15) is 44.2 Å². The number of nitrogen functional groups attached to an aromatic ring is 1. The number of hydrogen-bond donors (Lipinski definition) is 2. The lowest BCUT2D eigenvalue weighted by molar-refractivity contribution is -0.118. The highest BCUT2D eigenvalue weighted by Gasteiger charge is 2.15. The first kappa shape index (κ1) is 29.5. The topological polar surface area (TPSA) is 114 Å². The Morgan fingerprint density at radius 2 is 1.57 bits per heavy atom. The summed E-state index contributed by atoms with van der Waals surface area (Å²) < 4.78 is 10.7. The van der Waals surface area contributed by atoms with Gasteiger partial charge in [-0.05, 0) is 50.3 Å². The number of phenols is 1. The van der Waals surface area contributed by atoms with E-state index in [0.29, 0.717) is 41.1 Å². The van der Waals surface area contributed by atoms with E-state index in [2.05, 4.69) is 23.7 Å². The van der Waals surface area contributed by atoms with Gasteiger partial charge in [-0.15, -0.1) is 0 Å². The van der Waals surface area contributed by atoms with Crippen molar-refractivity contribution in [3.05, 3.63) is 41.5 Å². The van der Waals surface area contributed by atoms with Gasteiger partial charge in [-0.1, -0.05) is 32.0 Å². The summed E-state index contributed by atoms with van der Waals surface area (Å²) in [6.45, 7) is 11.0. The maximum absolute atomic E-state index is 11.1. The zero-order valence-electron chi connectivity index (χ0n) is 23.0. The molecule has 0 radical (unpaired) electrons. The molecule has 0 fully saturated rings. The number of aromatic nitrogens is 2. The number of carbonyl (C=O) groups excluding carboxylic acids is 1. The molecule has 1 amide bonds. The Hall–Kier alpha value is -3.75. The molecule has 3 aromatic rings. The average Bonchev–Trinajstić information content (AvgIpc) is 2.90. The van der Waals surface area contributed by atoms with Crippen molar-refractivity contribution in [1.29, 1.82) is 0 Å². The number of rotatable bonds is 12. The first-order chi connectivity index (χ1) is 17.8. The number of methoxy groups -OCH3 is 2. The number of carbonyl (C=O) groups is 1. The molecule has 2 aromatic carbocycles. The standard InChI is InChI=1S/C20H31N5O3.C8H10O/c1-5-8-24(14-26)10-7-11-25(9-6-2)20-22-16-13-18(28-4)17(27-3)12-15(16)19(21)23-20;1-6-4-3-5-7(2)8(6)9/h12-14H,5-11H2,1-4H3,(H2,21,22,23);3-5,9H,1-2H3. The first-order valence-corrected chi connectivity index (χ1v) is 12.7. The predicted molar refractivity (Wildman–Crippen MR) is 150 cm³/mol. The molecule has 0 saturated heterocycles. The van der Waals surface area contributed by atoms with Crippen LogP contribution >= 0.6 is 0 Å². The maximum atomic E-state index is 11.1. The minimum absolute atomic E-state index is 0.405. The monoisotopic (exact) mass is 511 g/mol. The molecule has 3 N–H and O–H groups in total. The van der Waals surface area contributed by atoms with E-state index in [1.54, 1.807) is 25.2 Å². The van der Waals surface area contributed by atoms with Gasteiger partial charge in [0, 0.05) is 37.6 Å². The summed E-state index contributed by atoms with van der Waals surface area (Å²) >= 11 is 0. The van der Waals surface area contributed by atoms with Crippen molar-refractivity contribution >= 4 is 29.1 Å². The number of aryl methyl sites for hydroxylation is 2. The Bertz CT molecular complexity index is 1130. The number of aromatic hydroxyl groups is 1. The molecular formula is C28H41N5O4. The van der Waals surface area contributed by atoms with Crippen molar-refractivity contribution in [3.63, 3.8) is 0 Å². The Kier molecular flexibility index (Phi) is 11.7. The van der Waals surface area contributed by atoms with Crippen molar-refractivity contribution in [1.82, 2.24) is 14.9 Å². The fraction of sp³-hybridized carbons (Fsp3) is 0.464. The zero-order valence-corrected chi connectivity index (χ0v) is 23.0. The van der Waals surface area contributed by atoms with Crippen LogP contribution in [-0.2, 0) is 4.79 Å². The summed E-state index contributed by atoms with van der Waals surface area (Å²) in [6, 6.07) is 9.33. The van der Waals surface area contributed by atoms with Gasteiger partial charge in [0.25, 0.3) is 0 Å². The molecule has 0 saturated carbocycles. The normalized spacial score (nSPS) is 10.4. The van der Waals surface area contributed by atoms with E-state index in [-0.39, 0.29) is 0 Å². The summed E-state index contributed by atoms with van der Waals surface area (Å²) in [5.74, 6) is 2.60. The zero-order chi connectivity index (χ0) is 27.4. The highest BCUT2D eigenvalue weighted by Crippen LogP contribution is 2.34. The van der Waals surface area contributed by atoms with Gasteiger partial charge in [0.1, 0.15) is 11.6 Å². The minimum atomic E-state index is 0.405. The second-order valence-electron chi connectivity index (χ2n) is 8.86. The second kappa shape index (κ2) is 14.7. The lowest BCUT2D eigenvalue weighted by atomic mass is 10.1. The summed E-state index contributed by atoms with van der Waals surface area (Å²) in [7, 11) is 3.17. The number of anilines is 2. The van der Waals surface area contributed by atoms with Crippen molar-refractivity contribution < 1.29 is 19.4 Å². The fourth-order valence-corrected chi connectivity index (χ4v) is 3.96. The predicted octanol–water partition coefficient (Wildman–Crippen LogP) is 4.71. The SMILES string of the molecule is CCCN(C=O)CCCN(CCC)c1nc(N)c2cc(OC)c(OC)cc2n1.Cc1cccc(C)c1O. The van der Waals surface area contributed by atoms with Gasteiger partial charge in [-0.25, -0.2) is 4.98 Å². The Labute approximate surface area is 220 Å². The smallest absolute Gasteiger partial charge is 0.227 e. The summed E-state index contributed by atoms with van der Waals surface area (Å²) in [5, 5.41) is 9.94. The third-order valence-electron chi connectivity index (χ3n) is 5.97. The molecule has 0 unspecified atom stereocenters. The third kappa shape index (κ3) is 8.13. The van der Waals surface area contributed by atoms with Gasteiger partial charge in [0.2, 0.25) is 12.4 Å². The summed E-state index contributed by atoms with van der Waals surface area (Å²) in [5.41, 5.74) is 8.80. The first-order valence-electron chi connectivity index (χ1n) is 12.7. The number of nitrogens with two attached hydrogens (primary N) is 1. The van der Waals surface area contributed by atoms with Gasteiger partial charge in [-0.3, -0.25) is 4.79 Å². The van der Waals surface area contributed by atoms with E-state index in [1.807, 2.05) is 38.1 Å². The molecular weight excluding hydrogens is 470 g/mol.